The van der Waals surface area contributed by atoms with Crippen LogP contribution in [-0.4, -0.2) is 145 Å². The van der Waals surface area contributed by atoms with Crippen LogP contribution in [0.2, 0.25) is 10.6 Å². The maximum Gasteiger partial charge on any atom is 0.297 e. The maximum atomic E-state index is 13.0. The summed E-state index contributed by atoms with van der Waals surface area (Å²) in [6, 6.07) is 13.0. The van der Waals surface area contributed by atoms with Gasteiger partial charge in [-0.25, -0.2) is 13.7 Å². The number of aromatic hydroxyl groups is 2. The van der Waals surface area contributed by atoms with Crippen LogP contribution in [-0.2, 0) is 63.9 Å². The molecule has 0 bridgehead atoms. The number of hydrogen-bond donors (Lipinski definition) is 11. The molecule has 484 valence electrons. The first-order chi connectivity index (χ1) is 42.8. The molecule has 6 aromatic carbocycles. The molecule has 36 nitrogen and oxygen atoms in total. The summed E-state index contributed by atoms with van der Waals surface area (Å²) in [5.41, 5.74) is -2.23. The average molecular weight is 1420 g/mol. The Labute approximate surface area is 528 Å². The van der Waals surface area contributed by atoms with E-state index in [9.17, 15) is 70.5 Å². The second-order valence-corrected chi connectivity index (χ2v) is 27.1. The topological polar surface area (TPSA) is 533 Å². The number of ether oxygens (including phenoxy) is 2. The van der Waals surface area contributed by atoms with E-state index in [-0.39, 0.29) is 111 Å². The van der Waals surface area contributed by atoms with E-state index in [1.54, 1.807) is 0 Å². The zero-order valence-electron chi connectivity index (χ0n) is 46.1. The van der Waals surface area contributed by atoms with Crippen LogP contribution in [0.15, 0.2) is 118 Å². The van der Waals surface area contributed by atoms with E-state index >= 15 is 0 Å². The molecule has 8 rings (SSSR count). The monoisotopic (exact) mass is 1420 g/mol. The van der Waals surface area contributed by atoms with E-state index < -0.39 is 121 Å². The lowest BCUT2D eigenvalue weighted by Crippen LogP contribution is -2.12. The number of phenols is 2. The first kappa shape index (κ1) is 68.7. The van der Waals surface area contributed by atoms with Gasteiger partial charge in [-0.1, -0.05) is 11.1 Å². The smallest absolute Gasteiger partial charge is 0.297 e. The molecule has 8 aromatic rings. The molecule has 0 radical (unpaired) electrons. The summed E-state index contributed by atoms with van der Waals surface area (Å²) in [6.07, 6.45) is 0.746. The van der Waals surface area contributed by atoms with Gasteiger partial charge in [0.2, 0.25) is 34.4 Å². The Morgan fingerprint density at radius 1 is 0.560 bits per heavy atom. The fourth-order valence-corrected chi connectivity index (χ4v) is 12.8. The van der Waals surface area contributed by atoms with Crippen molar-refractivity contribution in [1.82, 2.24) is 29.9 Å². The van der Waals surface area contributed by atoms with Gasteiger partial charge in [0.1, 0.15) is 48.9 Å². The number of aryl methyl sites for hydroxylation is 1. The number of benzene rings is 6. The van der Waals surface area contributed by atoms with Crippen LogP contribution in [0, 0.1) is 6.92 Å². The van der Waals surface area contributed by atoms with Crippen molar-refractivity contribution in [2.75, 3.05) is 60.9 Å². The predicted molar refractivity (Wildman–Crippen MR) is 322 cm³/mol. The summed E-state index contributed by atoms with van der Waals surface area (Å²) in [5.74, 6) is -3.34. The van der Waals surface area contributed by atoms with E-state index in [0.717, 1.165) is 49.6 Å². The van der Waals surface area contributed by atoms with Crippen LogP contribution < -0.4 is 30.7 Å². The molecule has 0 aliphatic carbocycles. The third-order valence-corrected chi connectivity index (χ3v) is 18.3. The maximum absolute atomic E-state index is 13.0. The van der Waals surface area contributed by atoms with Gasteiger partial charge in [-0.05, 0) is 115 Å². The SMILES string of the molecule is COc1ccc(S(=O)(=O)CCOSOOO)cc1N=Nc1ccc2cc(S(=O)(=O)O)cc(Nc3nc(Cl)nc(NCCCCNc4nc(Cl)nc(Nc5ccc6c(O)c(N=Nc7cc(C)c(S(=O)(=O)O)cc7OC)c(S(=O)(=O)O)cc6c5S(=O)(=O)O)n4)n3)c2c1O. The quantitative estimate of drug-likeness (QED) is 0.00544. The van der Waals surface area contributed by atoms with Crippen LogP contribution in [0.25, 0.3) is 21.5 Å². The fourth-order valence-electron chi connectivity index (χ4n) is 8.32. The van der Waals surface area contributed by atoms with E-state index in [1.165, 1.54) is 38.3 Å². The van der Waals surface area contributed by atoms with Crippen molar-refractivity contribution in [3.63, 3.8) is 0 Å². The minimum absolute atomic E-state index is 0.0536. The van der Waals surface area contributed by atoms with Gasteiger partial charge in [-0.3, -0.25) is 22.4 Å². The van der Waals surface area contributed by atoms with Gasteiger partial charge in [-0.15, -0.1) is 24.8 Å². The number of nitrogens with one attached hydrogen (secondary N) is 4. The van der Waals surface area contributed by atoms with Crippen molar-refractivity contribution in [2.24, 2.45) is 20.5 Å². The number of sulfone groups is 1. The highest BCUT2D eigenvalue weighted by Gasteiger charge is 2.29. The first-order valence-electron chi connectivity index (χ1n) is 24.9. The van der Waals surface area contributed by atoms with Crippen LogP contribution >= 0.6 is 35.5 Å². The van der Waals surface area contributed by atoms with E-state index in [4.69, 9.17) is 42.1 Å². The summed E-state index contributed by atoms with van der Waals surface area (Å²) in [7, 11) is -22.0. The van der Waals surface area contributed by atoms with Crippen molar-refractivity contribution in [3.8, 4) is 23.0 Å². The Balaban J connectivity index is 0.959. The van der Waals surface area contributed by atoms with E-state index in [1.807, 2.05) is 0 Å². The normalized spacial score (nSPS) is 12.5. The Morgan fingerprint density at radius 2 is 1.14 bits per heavy atom. The molecule has 91 heavy (non-hydrogen) atoms. The van der Waals surface area contributed by atoms with Crippen LogP contribution in [0.1, 0.15) is 18.4 Å². The lowest BCUT2D eigenvalue weighted by molar-refractivity contribution is -0.434. The number of hydrogen-bond acceptors (Lipinski definition) is 33. The third-order valence-electron chi connectivity index (χ3n) is 12.3. The molecular formula is C47H44Cl2N14O22S6. The van der Waals surface area contributed by atoms with Gasteiger partial charge in [0, 0.05) is 35.3 Å². The van der Waals surface area contributed by atoms with Gasteiger partial charge in [-0.2, -0.15) is 63.6 Å². The molecule has 0 aliphatic rings. The second kappa shape index (κ2) is 28.1. The molecule has 0 saturated heterocycles. The Bertz CT molecular complexity index is 4830. The number of phenolic OH excluding ortho intramolecular Hbond substituents is 2. The number of fused-ring (bicyclic) bond motifs is 2. The number of rotatable bonds is 28. The lowest BCUT2D eigenvalue weighted by Gasteiger charge is -2.15. The Hall–Kier alpha value is -8.18. The van der Waals surface area contributed by atoms with Crippen LogP contribution in [0.3, 0.4) is 0 Å². The van der Waals surface area contributed by atoms with E-state index in [0.29, 0.717) is 18.9 Å². The molecule has 0 spiro atoms. The first-order valence-corrected chi connectivity index (χ1v) is 33.7. The number of unbranched alkanes of at least 4 members (excludes halogenated alkanes) is 1. The van der Waals surface area contributed by atoms with Crippen molar-refractivity contribution in [1.29, 1.82) is 0 Å². The van der Waals surface area contributed by atoms with Gasteiger partial charge < -0.3 is 41.0 Å². The predicted octanol–water partition coefficient (Wildman–Crippen LogP) is 8.79. The molecule has 0 saturated carbocycles. The van der Waals surface area contributed by atoms with Crippen molar-refractivity contribution >= 4 is 165 Å². The van der Waals surface area contributed by atoms with Gasteiger partial charge in [0.25, 0.3) is 40.5 Å². The Morgan fingerprint density at radius 3 is 1.73 bits per heavy atom. The highest BCUT2D eigenvalue weighted by Crippen LogP contribution is 2.47. The van der Waals surface area contributed by atoms with Crippen molar-refractivity contribution in [3.05, 3.63) is 88.9 Å². The van der Waals surface area contributed by atoms with E-state index in [2.05, 4.69) is 81.0 Å². The van der Waals surface area contributed by atoms with Crippen molar-refractivity contribution < 1.29 is 98.8 Å². The second-order valence-electron chi connectivity index (χ2n) is 18.2. The number of azo groups is 2. The lowest BCUT2D eigenvalue weighted by atomic mass is 10.1. The number of methoxy groups -OCH3 is 2. The zero-order valence-corrected chi connectivity index (χ0v) is 52.5. The molecule has 0 atom stereocenters. The summed E-state index contributed by atoms with van der Waals surface area (Å²) < 4.78 is 186. The van der Waals surface area contributed by atoms with Gasteiger partial charge >= 0.3 is 0 Å². The summed E-state index contributed by atoms with van der Waals surface area (Å²) in [5, 5.41) is 59.6. The Kier molecular flexibility index (Phi) is 21.2. The molecule has 0 aliphatic heterocycles. The molecule has 0 fully saturated rings. The summed E-state index contributed by atoms with van der Waals surface area (Å²) in [6.45, 7) is 1.23. The average Bonchev–Trinajstić information content (AvgIpc) is 0.756. The summed E-state index contributed by atoms with van der Waals surface area (Å²) >= 11 is 12.7. The third kappa shape index (κ3) is 16.9. The number of halogens is 2. The number of aromatic nitrogens is 6. The van der Waals surface area contributed by atoms with Gasteiger partial charge in [0.05, 0.1) is 47.7 Å². The molecule has 2 heterocycles. The zero-order chi connectivity index (χ0) is 66.4. The fraction of sp³-hybridized carbons (Fsp3) is 0.191. The minimum atomic E-state index is -5.41. The largest absolute Gasteiger partial charge is 0.505 e. The molecule has 44 heteroatoms. The van der Waals surface area contributed by atoms with Crippen LogP contribution in [0.4, 0.5) is 57.9 Å². The van der Waals surface area contributed by atoms with Crippen molar-refractivity contribution in [2.45, 2.75) is 44.2 Å². The molecule has 2 aromatic heterocycles. The molecule has 11 N–H and O–H groups in total. The number of anilines is 6. The molecule has 0 unspecified atom stereocenters. The molecule has 0 amide bonds. The summed E-state index contributed by atoms with van der Waals surface area (Å²) in [4.78, 5) is 20.9. The highest BCUT2D eigenvalue weighted by atomic mass is 35.5. The van der Waals surface area contributed by atoms with Gasteiger partial charge in [0.15, 0.2) is 33.7 Å². The van der Waals surface area contributed by atoms with Crippen LogP contribution in [0.5, 0.6) is 23.0 Å². The standard InChI is InChI=1S/C47H44Cl2N14O22S6/c1-22-16-30(34(82-3)21-35(22)89(72,73)74)62-63-38-36(90(75,76)77)20-27-26(39(38)64)8-10-29(41(27)91(78,79)80)52-46-56-42(48)54-44(58-46)50-12-4-5-13-51-45-55-43(49)57-47(59-45)53-32-19-25(88(69,70)71)17-23-6-9-28(40(65)37(23)32)60-61-31-18-24(7-11-33(31)81-2)87(67,68)15-14-83-86-85-84-66/h6-11,16-21,64-66H,4-5,12-15H2,1-3H3,(H,69,70,71)(H,72,73,74)(H,75,76,77)(H,78,79,80)(H2,50,52,54,56,58)(H2,51,53,55,57,59). The number of nitrogens with zero attached hydrogens (tertiary/aromatic N) is 10. The minimum Gasteiger partial charge on any atom is -0.505 e. The highest BCUT2D eigenvalue weighted by molar-refractivity contribution is 7.91. The molecular weight excluding hydrogens is 1380 g/mol.